The summed E-state index contributed by atoms with van der Waals surface area (Å²) in [6.45, 7) is 29.9. The van der Waals surface area contributed by atoms with E-state index in [-0.39, 0.29) is 93.5 Å². The van der Waals surface area contributed by atoms with Gasteiger partial charge in [-0.3, -0.25) is 0 Å². The van der Waals surface area contributed by atoms with E-state index in [2.05, 4.69) is 0 Å². The molecule has 9 heteroatoms. The Kier molecular flexibility index (Phi) is 16.1. The van der Waals surface area contributed by atoms with Gasteiger partial charge in [0.1, 0.15) is 0 Å². The molecule has 0 radical (unpaired) electrons. The molecule has 0 aliphatic carbocycles. The SMILES string of the molecule is C/C(=C/C(=O)CC(C)(C)C)[O][Sn]([O]/C(C)=C\C(=O)CC(C)(C)C)([O]/C(C)=C\C(=O)CC(C)(C)C)[O]/C(C)=C\C(=O)CC(C)(C)C. The number of allylic oxidation sites excluding steroid dienone is 8. The Bertz CT molecular complexity index is 1000. The van der Waals surface area contributed by atoms with Gasteiger partial charge in [0.25, 0.3) is 0 Å². The number of carbonyl (C=O) groups excluding carboxylic acids is 4. The fraction of sp³-hybridized carbons (Fsp3) is 0.667. The Hall–Kier alpha value is -2.36. The molecule has 0 amide bonds. The molecule has 0 aliphatic rings. The van der Waals surface area contributed by atoms with Crippen molar-refractivity contribution >= 4 is 43.2 Å². The van der Waals surface area contributed by atoms with Crippen molar-refractivity contribution in [1.29, 1.82) is 0 Å². The average Bonchev–Trinajstić information content (AvgIpc) is 2.65. The predicted molar refractivity (Wildman–Crippen MR) is 181 cm³/mol. The normalized spacial score (nSPS) is 14.6. The summed E-state index contributed by atoms with van der Waals surface area (Å²) in [7, 11) is 0. The molecule has 0 aromatic carbocycles. The summed E-state index contributed by atoms with van der Waals surface area (Å²) in [6, 6.07) is 0. The van der Waals surface area contributed by atoms with Crippen LogP contribution in [0, 0.1) is 21.7 Å². The van der Waals surface area contributed by atoms with Crippen LogP contribution in [0.5, 0.6) is 0 Å². The summed E-state index contributed by atoms with van der Waals surface area (Å²) in [4.78, 5) is 51.3. The van der Waals surface area contributed by atoms with E-state index in [1.54, 1.807) is 27.7 Å². The van der Waals surface area contributed by atoms with E-state index in [0.29, 0.717) is 0 Å². The number of ketones is 4. The predicted octanol–water partition coefficient (Wildman–Crippen LogP) is 9.12. The second-order valence-corrected chi connectivity index (χ2v) is 21.9. The van der Waals surface area contributed by atoms with Crippen LogP contribution in [0.25, 0.3) is 0 Å². The van der Waals surface area contributed by atoms with Crippen molar-refractivity contribution in [2.75, 3.05) is 0 Å². The molecule has 0 rings (SSSR count). The molecule has 0 atom stereocenters. The Balaban J connectivity index is 7.03. The number of hydrogen-bond donors (Lipinski definition) is 0. The van der Waals surface area contributed by atoms with E-state index in [9.17, 15) is 19.2 Å². The fourth-order valence-electron chi connectivity index (χ4n) is 4.23. The zero-order chi connectivity index (χ0) is 35.6. The van der Waals surface area contributed by atoms with E-state index < -0.39 is 20.0 Å². The van der Waals surface area contributed by atoms with Gasteiger partial charge < -0.3 is 0 Å². The second-order valence-electron chi connectivity index (χ2n) is 16.7. The third kappa shape index (κ3) is 22.7. The molecule has 0 fully saturated rings. The van der Waals surface area contributed by atoms with Gasteiger partial charge in [0.15, 0.2) is 0 Å². The number of carbonyl (C=O) groups is 4. The molecular formula is C36H60O8Sn. The van der Waals surface area contributed by atoms with Gasteiger partial charge >= 0.3 is 280 Å². The maximum atomic E-state index is 12.8. The topological polar surface area (TPSA) is 105 Å². The summed E-state index contributed by atoms with van der Waals surface area (Å²) in [5.74, 6) is 0.128. The molecule has 0 bridgehead atoms. The van der Waals surface area contributed by atoms with Crippen molar-refractivity contribution < 1.29 is 31.5 Å². The van der Waals surface area contributed by atoms with Crippen LogP contribution < -0.4 is 0 Å². The molecular weight excluding hydrogens is 679 g/mol. The van der Waals surface area contributed by atoms with Crippen LogP contribution in [0.2, 0.25) is 0 Å². The number of rotatable bonds is 16. The molecule has 0 aromatic rings. The van der Waals surface area contributed by atoms with Crippen LogP contribution in [0.15, 0.2) is 47.3 Å². The van der Waals surface area contributed by atoms with Crippen LogP contribution in [0.3, 0.4) is 0 Å². The first-order valence-electron chi connectivity index (χ1n) is 15.6. The van der Waals surface area contributed by atoms with Gasteiger partial charge in [0.2, 0.25) is 0 Å². The van der Waals surface area contributed by atoms with E-state index in [0.717, 1.165) is 0 Å². The summed E-state index contributed by atoms with van der Waals surface area (Å²) in [5.41, 5.74) is -0.984. The molecule has 0 unspecified atom stereocenters. The minimum absolute atomic E-state index is 0.159. The van der Waals surface area contributed by atoms with Gasteiger partial charge in [-0.15, -0.1) is 0 Å². The average molecular weight is 740 g/mol. The quantitative estimate of drug-likeness (QED) is 0.0878. The maximum absolute atomic E-state index is 12.8. The molecule has 0 aromatic heterocycles. The van der Waals surface area contributed by atoms with Gasteiger partial charge in [-0.05, 0) is 0 Å². The van der Waals surface area contributed by atoms with Gasteiger partial charge in [-0.1, -0.05) is 0 Å². The Morgan fingerprint density at radius 3 is 0.689 bits per heavy atom. The first-order chi connectivity index (χ1) is 20.0. The van der Waals surface area contributed by atoms with Crippen LogP contribution in [-0.2, 0) is 31.5 Å². The van der Waals surface area contributed by atoms with Crippen molar-refractivity contribution in [2.24, 2.45) is 21.7 Å². The van der Waals surface area contributed by atoms with Gasteiger partial charge in [0, 0.05) is 0 Å². The van der Waals surface area contributed by atoms with Crippen molar-refractivity contribution in [3.63, 3.8) is 0 Å². The van der Waals surface area contributed by atoms with Crippen LogP contribution in [0.4, 0.5) is 0 Å². The standard InChI is InChI=1S/4C9H16O2.Sn/c4*1-7(10)5-8(11)6-9(2,3)4;/h4*5,10H,6H2,1-4H3;/q;;;;+4/p-4/b4*7-5-;. The summed E-state index contributed by atoms with van der Waals surface area (Å²) in [5, 5.41) is 0. The number of hydrogen-bond acceptors (Lipinski definition) is 8. The van der Waals surface area contributed by atoms with Crippen LogP contribution in [-0.4, -0.2) is 43.2 Å². The van der Waals surface area contributed by atoms with Crippen molar-refractivity contribution in [1.82, 2.24) is 0 Å². The molecule has 0 N–H and O–H groups in total. The van der Waals surface area contributed by atoms with Crippen molar-refractivity contribution in [2.45, 2.75) is 136 Å². The van der Waals surface area contributed by atoms with E-state index in [1.165, 1.54) is 24.3 Å². The first-order valence-corrected chi connectivity index (χ1v) is 20.2. The molecule has 0 aliphatic heterocycles. The molecule has 256 valence electrons. The third-order valence-electron chi connectivity index (χ3n) is 5.42. The molecule has 0 saturated carbocycles. The summed E-state index contributed by atoms with van der Waals surface area (Å²) < 4.78 is 25.2. The second kappa shape index (κ2) is 17.0. The zero-order valence-corrected chi connectivity index (χ0v) is 33.8. The van der Waals surface area contributed by atoms with Gasteiger partial charge in [-0.2, -0.15) is 0 Å². The Morgan fingerprint density at radius 2 is 0.556 bits per heavy atom. The zero-order valence-electron chi connectivity index (χ0n) is 30.9. The van der Waals surface area contributed by atoms with Crippen molar-refractivity contribution in [3.8, 4) is 0 Å². The van der Waals surface area contributed by atoms with Crippen LogP contribution >= 0.6 is 0 Å². The van der Waals surface area contributed by atoms with Crippen LogP contribution in [0.1, 0.15) is 136 Å². The third-order valence-corrected chi connectivity index (χ3v) is 11.9. The molecule has 45 heavy (non-hydrogen) atoms. The van der Waals surface area contributed by atoms with Crippen molar-refractivity contribution in [3.05, 3.63) is 47.3 Å². The molecule has 0 saturated heterocycles. The minimum atomic E-state index is -5.45. The molecule has 8 nitrogen and oxygen atoms in total. The summed E-state index contributed by atoms with van der Waals surface area (Å²) >= 11 is -5.45. The van der Waals surface area contributed by atoms with E-state index >= 15 is 0 Å². The van der Waals surface area contributed by atoms with Gasteiger partial charge in [0.05, 0.1) is 0 Å². The van der Waals surface area contributed by atoms with E-state index in [1.807, 2.05) is 83.1 Å². The van der Waals surface area contributed by atoms with Gasteiger partial charge in [-0.25, -0.2) is 0 Å². The van der Waals surface area contributed by atoms with E-state index in [4.69, 9.17) is 12.3 Å². The monoisotopic (exact) mass is 740 g/mol. The summed E-state index contributed by atoms with van der Waals surface area (Å²) in [6.07, 6.45) is 6.57. The Labute approximate surface area is 279 Å². The Morgan fingerprint density at radius 1 is 0.400 bits per heavy atom. The molecule has 0 spiro atoms. The molecule has 0 heterocycles. The first kappa shape index (κ1) is 42.6. The fourth-order valence-corrected chi connectivity index (χ4v) is 10.1.